The summed E-state index contributed by atoms with van der Waals surface area (Å²) in [7, 11) is 0. The highest BCUT2D eigenvalue weighted by Crippen LogP contribution is 2.15. The van der Waals surface area contributed by atoms with Gasteiger partial charge in [-0.05, 0) is 31.8 Å². The Hall–Kier alpha value is -0.570. The molecule has 14 heavy (non-hydrogen) atoms. The van der Waals surface area contributed by atoms with Gasteiger partial charge in [-0.25, -0.2) is 0 Å². The summed E-state index contributed by atoms with van der Waals surface area (Å²) < 4.78 is 0. The Morgan fingerprint density at radius 2 is 1.93 bits per heavy atom. The average Bonchev–Trinajstić information content (AvgIpc) is 2.43. The van der Waals surface area contributed by atoms with Gasteiger partial charge in [0.25, 0.3) is 0 Å². The van der Waals surface area contributed by atoms with E-state index in [-0.39, 0.29) is 5.91 Å². The lowest BCUT2D eigenvalue weighted by molar-refractivity contribution is -0.119. The Morgan fingerprint density at radius 3 is 2.50 bits per heavy atom. The number of likely N-dealkylation sites (tertiary alicyclic amines) is 1. The lowest BCUT2D eigenvalue weighted by Gasteiger charge is -2.22. The number of hydrogen-bond acceptors (Lipinski definition) is 2. The van der Waals surface area contributed by atoms with Crippen LogP contribution in [0.3, 0.4) is 0 Å². The van der Waals surface area contributed by atoms with Crippen LogP contribution in [0.2, 0.25) is 0 Å². The Bertz CT molecular complexity index is 197. The minimum Gasteiger partial charge on any atom is -0.356 e. The highest BCUT2D eigenvalue weighted by Gasteiger charge is 2.23. The van der Waals surface area contributed by atoms with Gasteiger partial charge in [-0.1, -0.05) is 12.8 Å². The maximum Gasteiger partial charge on any atom is 0.220 e. The molecule has 2 heterocycles. The molecule has 2 saturated heterocycles. The molecule has 80 valence electrons. The van der Waals surface area contributed by atoms with Crippen LogP contribution in [0.1, 0.15) is 32.1 Å². The van der Waals surface area contributed by atoms with E-state index >= 15 is 0 Å². The van der Waals surface area contributed by atoms with Crippen LogP contribution in [-0.4, -0.2) is 37.0 Å². The molecule has 2 fully saturated rings. The molecule has 1 N–H and O–H groups in total. The summed E-state index contributed by atoms with van der Waals surface area (Å²) in [5.74, 6) is 0.811. The van der Waals surface area contributed by atoms with Crippen LogP contribution in [0.4, 0.5) is 0 Å². The second-order valence-corrected chi connectivity index (χ2v) is 4.59. The molecule has 0 aromatic rings. The van der Waals surface area contributed by atoms with E-state index in [1.807, 2.05) is 0 Å². The molecule has 2 aliphatic rings. The van der Waals surface area contributed by atoms with Crippen molar-refractivity contribution < 1.29 is 4.79 Å². The van der Waals surface area contributed by atoms with Crippen molar-refractivity contribution in [1.29, 1.82) is 0 Å². The van der Waals surface area contributed by atoms with Gasteiger partial charge in [0.2, 0.25) is 5.91 Å². The molecule has 2 rings (SSSR count). The standard InChI is InChI=1S/C11H20N2O/c14-11-7-10(8-12-11)9-13-5-3-1-2-4-6-13/h10H,1-9H2,(H,12,14). The second kappa shape index (κ2) is 4.78. The van der Waals surface area contributed by atoms with Gasteiger partial charge in [-0.15, -0.1) is 0 Å². The molecule has 3 nitrogen and oxygen atoms in total. The van der Waals surface area contributed by atoms with Crippen molar-refractivity contribution in [1.82, 2.24) is 10.2 Å². The zero-order valence-electron chi connectivity index (χ0n) is 8.80. The maximum absolute atomic E-state index is 11.0. The molecule has 0 aliphatic carbocycles. The predicted molar refractivity (Wildman–Crippen MR) is 56.0 cm³/mol. The van der Waals surface area contributed by atoms with E-state index < -0.39 is 0 Å². The molecular formula is C11H20N2O. The summed E-state index contributed by atoms with van der Waals surface area (Å²) in [6.07, 6.45) is 6.20. The van der Waals surface area contributed by atoms with Gasteiger partial charge in [-0.3, -0.25) is 4.79 Å². The zero-order chi connectivity index (χ0) is 9.80. The fraction of sp³-hybridized carbons (Fsp3) is 0.909. The van der Waals surface area contributed by atoms with Crippen LogP contribution in [0.15, 0.2) is 0 Å². The molecule has 1 atom stereocenters. The van der Waals surface area contributed by atoms with E-state index in [1.165, 1.54) is 38.8 Å². The molecule has 2 aliphatic heterocycles. The maximum atomic E-state index is 11.0. The van der Waals surface area contributed by atoms with E-state index in [1.54, 1.807) is 0 Å². The first kappa shape index (κ1) is 9.97. The Kier molecular flexibility index (Phi) is 3.40. The van der Waals surface area contributed by atoms with E-state index in [0.717, 1.165) is 19.5 Å². The van der Waals surface area contributed by atoms with Gasteiger partial charge in [-0.2, -0.15) is 0 Å². The highest BCUT2D eigenvalue weighted by molar-refractivity contribution is 5.78. The van der Waals surface area contributed by atoms with Crippen molar-refractivity contribution >= 4 is 5.91 Å². The Labute approximate surface area is 85.8 Å². The lowest BCUT2D eigenvalue weighted by Crippen LogP contribution is -2.31. The number of carbonyl (C=O) groups excluding carboxylic acids is 1. The van der Waals surface area contributed by atoms with Crippen molar-refractivity contribution in [3.8, 4) is 0 Å². The van der Waals surface area contributed by atoms with Crippen molar-refractivity contribution in [3.63, 3.8) is 0 Å². The van der Waals surface area contributed by atoms with Crippen LogP contribution in [0, 0.1) is 5.92 Å². The van der Waals surface area contributed by atoms with Crippen LogP contribution in [0.5, 0.6) is 0 Å². The minimum atomic E-state index is 0.241. The quantitative estimate of drug-likeness (QED) is 0.714. The SMILES string of the molecule is O=C1CC(CN2CCCCCC2)CN1. The largest absolute Gasteiger partial charge is 0.356 e. The Morgan fingerprint density at radius 1 is 1.21 bits per heavy atom. The summed E-state index contributed by atoms with van der Waals surface area (Å²) in [6, 6.07) is 0. The lowest BCUT2D eigenvalue weighted by atomic mass is 10.1. The first-order chi connectivity index (χ1) is 6.84. The van der Waals surface area contributed by atoms with Gasteiger partial charge >= 0.3 is 0 Å². The fourth-order valence-electron chi connectivity index (χ4n) is 2.48. The Balaban J connectivity index is 1.75. The number of carbonyl (C=O) groups is 1. The van der Waals surface area contributed by atoms with E-state index in [9.17, 15) is 4.79 Å². The third kappa shape index (κ3) is 2.71. The van der Waals surface area contributed by atoms with E-state index in [0.29, 0.717) is 5.92 Å². The number of amides is 1. The molecule has 0 saturated carbocycles. The van der Waals surface area contributed by atoms with Gasteiger partial charge in [0.05, 0.1) is 0 Å². The molecule has 3 heteroatoms. The number of rotatable bonds is 2. The normalized spacial score (nSPS) is 30.0. The predicted octanol–water partition coefficient (Wildman–Crippen LogP) is 0.998. The highest BCUT2D eigenvalue weighted by atomic mass is 16.1. The van der Waals surface area contributed by atoms with Crippen molar-refractivity contribution in [3.05, 3.63) is 0 Å². The summed E-state index contributed by atoms with van der Waals surface area (Å²) in [5, 5.41) is 2.91. The first-order valence-corrected chi connectivity index (χ1v) is 5.83. The fourth-order valence-corrected chi connectivity index (χ4v) is 2.48. The minimum absolute atomic E-state index is 0.241. The molecule has 0 aromatic carbocycles. The second-order valence-electron chi connectivity index (χ2n) is 4.59. The van der Waals surface area contributed by atoms with Crippen LogP contribution in [0.25, 0.3) is 0 Å². The summed E-state index contributed by atoms with van der Waals surface area (Å²) in [6.45, 7) is 4.50. The van der Waals surface area contributed by atoms with Crippen molar-refractivity contribution in [2.45, 2.75) is 32.1 Å². The van der Waals surface area contributed by atoms with Gasteiger partial charge in [0.1, 0.15) is 0 Å². The zero-order valence-corrected chi connectivity index (χ0v) is 8.80. The smallest absolute Gasteiger partial charge is 0.220 e. The summed E-state index contributed by atoms with van der Waals surface area (Å²) in [4.78, 5) is 13.6. The summed E-state index contributed by atoms with van der Waals surface area (Å²) in [5.41, 5.74) is 0. The monoisotopic (exact) mass is 196 g/mol. The van der Waals surface area contributed by atoms with Gasteiger partial charge in [0, 0.05) is 19.5 Å². The summed E-state index contributed by atoms with van der Waals surface area (Å²) >= 11 is 0. The molecule has 0 spiro atoms. The van der Waals surface area contributed by atoms with Crippen molar-refractivity contribution in [2.75, 3.05) is 26.2 Å². The van der Waals surface area contributed by atoms with E-state index in [4.69, 9.17) is 0 Å². The van der Waals surface area contributed by atoms with Crippen LogP contribution in [-0.2, 0) is 4.79 Å². The molecular weight excluding hydrogens is 176 g/mol. The van der Waals surface area contributed by atoms with Gasteiger partial charge in [0.15, 0.2) is 0 Å². The molecule has 0 radical (unpaired) electrons. The number of nitrogens with one attached hydrogen (secondary N) is 1. The molecule has 0 bridgehead atoms. The van der Waals surface area contributed by atoms with E-state index in [2.05, 4.69) is 10.2 Å². The average molecular weight is 196 g/mol. The van der Waals surface area contributed by atoms with Crippen LogP contribution < -0.4 is 5.32 Å². The van der Waals surface area contributed by atoms with Crippen LogP contribution >= 0.6 is 0 Å². The molecule has 0 aromatic heterocycles. The third-order valence-corrected chi connectivity index (χ3v) is 3.28. The third-order valence-electron chi connectivity index (χ3n) is 3.28. The molecule has 1 amide bonds. The topological polar surface area (TPSA) is 32.3 Å². The number of nitrogens with zero attached hydrogens (tertiary/aromatic N) is 1. The van der Waals surface area contributed by atoms with Gasteiger partial charge < -0.3 is 10.2 Å². The number of hydrogen-bond donors (Lipinski definition) is 1. The van der Waals surface area contributed by atoms with Crippen molar-refractivity contribution in [2.24, 2.45) is 5.92 Å². The molecule has 1 unspecified atom stereocenters. The first-order valence-electron chi connectivity index (χ1n) is 5.83.